The van der Waals surface area contributed by atoms with Crippen molar-refractivity contribution in [1.29, 1.82) is 0 Å². The van der Waals surface area contributed by atoms with E-state index in [2.05, 4.69) is 25.4 Å². The highest BCUT2D eigenvalue weighted by atomic mass is 32.1. The molecular weight excluding hydrogens is 346 g/mol. The van der Waals surface area contributed by atoms with E-state index < -0.39 is 11.8 Å². The number of nitrogens with zero attached hydrogens (tertiary/aromatic N) is 3. The number of hydrogen-bond donors (Lipinski definition) is 2. The Morgan fingerprint density at radius 2 is 1.62 bits per heavy atom. The molecule has 3 aromatic rings. The van der Waals surface area contributed by atoms with Crippen LogP contribution < -0.4 is 10.9 Å². The summed E-state index contributed by atoms with van der Waals surface area (Å²) in [6.45, 7) is 3.44. The Labute approximate surface area is 145 Å². The van der Waals surface area contributed by atoms with Gasteiger partial charge in [0.2, 0.25) is 0 Å². The summed E-state index contributed by atoms with van der Waals surface area (Å²) >= 11 is 2.25. The molecule has 0 spiro atoms. The Morgan fingerprint density at radius 3 is 2.25 bits per heavy atom. The van der Waals surface area contributed by atoms with Crippen molar-refractivity contribution in [2.24, 2.45) is 0 Å². The minimum absolute atomic E-state index is 0.362. The normalized spacial score (nSPS) is 10.4. The van der Waals surface area contributed by atoms with Crippen molar-refractivity contribution in [2.75, 3.05) is 0 Å². The lowest BCUT2D eigenvalue weighted by atomic mass is 10.2. The summed E-state index contributed by atoms with van der Waals surface area (Å²) in [7, 11) is 0. The quantitative estimate of drug-likeness (QED) is 0.700. The number of rotatable bonds is 3. The van der Waals surface area contributed by atoms with Crippen molar-refractivity contribution in [2.45, 2.75) is 13.8 Å². The minimum Gasteiger partial charge on any atom is -0.266 e. The summed E-state index contributed by atoms with van der Waals surface area (Å²) in [5, 5.41) is 4.52. The molecule has 24 heavy (non-hydrogen) atoms. The number of hydrogen-bond acceptors (Lipinski definition) is 7. The van der Waals surface area contributed by atoms with Gasteiger partial charge >= 0.3 is 0 Å². The summed E-state index contributed by atoms with van der Waals surface area (Å²) in [6, 6.07) is 9.61. The molecule has 0 atom stereocenters. The first-order valence-corrected chi connectivity index (χ1v) is 8.57. The van der Waals surface area contributed by atoms with Crippen LogP contribution in [0, 0.1) is 13.8 Å². The number of nitrogens with one attached hydrogen (secondary N) is 2. The second kappa shape index (κ2) is 6.85. The van der Waals surface area contributed by atoms with Crippen molar-refractivity contribution in [3.05, 3.63) is 51.5 Å². The molecule has 3 rings (SSSR count). The smallest absolute Gasteiger partial charge is 0.266 e. The van der Waals surface area contributed by atoms with Crippen LogP contribution in [0.5, 0.6) is 0 Å². The lowest BCUT2D eigenvalue weighted by Crippen LogP contribution is -2.41. The monoisotopic (exact) mass is 359 g/mol. The van der Waals surface area contributed by atoms with Crippen LogP contribution in [-0.2, 0) is 0 Å². The molecule has 0 saturated heterocycles. The number of carbonyl (C=O) groups excluding carboxylic acids is 2. The summed E-state index contributed by atoms with van der Waals surface area (Å²) in [6.07, 6.45) is 0. The topological polar surface area (TPSA) is 96.9 Å². The number of amides is 2. The van der Waals surface area contributed by atoms with Crippen LogP contribution in [0.4, 0.5) is 0 Å². The van der Waals surface area contributed by atoms with Crippen molar-refractivity contribution in [3.63, 3.8) is 0 Å². The summed E-state index contributed by atoms with van der Waals surface area (Å²) in [5.41, 5.74) is 6.85. The van der Waals surface area contributed by atoms with E-state index in [9.17, 15) is 9.59 Å². The maximum Gasteiger partial charge on any atom is 0.283 e. The zero-order valence-corrected chi connectivity index (χ0v) is 14.5. The predicted molar refractivity (Wildman–Crippen MR) is 91.9 cm³/mol. The van der Waals surface area contributed by atoms with Gasteiger partial charge in [-0.05, 0) is 25.4 Å². The molecule has 0 radical (unpaired) electrons. The molecule has 122 valence electrons. The molecule has 0 aliphatic carbocycles. The number of aromatic nitrogens is 3. The fourth-order valence-electron chi connectivity index (χ4n) is 1.98. The number of thiazole rings is 1. The van der Waals surface area contributed by atoms with Crippen LogP contribution in [0.3, 0.4) is 0 Å². The molecule has 0 aliphatic heterocycles. The zero-order chi connectivity index (χ0) is 17.1. The zero-order valence-electron chi connectivity index (χ0n) is 12.9. The summed E-state index contributed by atoms with van der Waals surface area (Å²) in [5.74, 6) is -0.850. The Morgan fingerprint density at radius 1 is 0.958 bits per heavy atom. The lowest BCUT2D eigenvalue weighted by molar-refractivity contribution is 0.0850. The molecule has 0 unspecified atom stereocenters. The first kappa shape index (κ1) is 16.2. The highest BCUT2D eigenvalue weighted by Crippen LogP contribution is 2.27. The number of hydrazine groups is 1. The predicted octanol–water partition coefficient (Wildman–Crippen LogP) is 2.35. The molecule has 9 heteroatoms. The molecule has 2 heterocycles. The molecule has 7 nitrogen and oxygen atoms in total. The van der Waals surface area contributed by atoms with Crippen molar-refractivity contribution in [3.8, 4) is 10.6 Å². The summed E-state index contributed by atoms with van der Waals surface area (Å²) < 4.78 is 3.69. The fraction of sp³-hybridized carbons (Fsp3) is 0.133. The Kier molecular flexibility index (Phi) is 4.63. The standard InChI is InChI=1S/C15H13N5O2S2/c1-8-11(23-15(16-8)10-6-4-3-5-7-10)13(21)18-19-14(22)12-9(2)17-20-24-12/h3-7H,1-2H3,(H,18,21)(H,19,22). The maximum absolute atomic E-state index is 12.3. The molecular formula is C15H13N5O2S2. The third-order valence-corrected chi connectivity index (χ3v) is 5.20. The molecule has 1 aromatic carbocycles. The highest BCUT2D eigenvalue weighted by molar-refractivity contribution is 7.17. The average molecular weight is 359 g/mol. The Bertz CT molecular complexity index is 888. The van der Waals surface area contributed by atoms with E-state index >= 15 is 0 Å². The Hall–Kier alpha value is -2.65. The van der Waals surface area contributed by atoms with E-state index in [-0.39, 0.29) is 0 Å². The molecule has 0 aliphatic rings. The Balaban J connectivity index is 1.71. The van der Waals surface area contributed by atoms with Gasteiger partial charge in [-0.15, -0.1) is 16.4 Å². The highest BCUT2D eigenvalue weighted by Gasteiger charge is 2.18. The lowest BCUT2D eigenvalue weighted by Gasteiger charge is -2.05. The molecule has 0 fully saturated rings. The fourth-order valence-corrected chi connectivity index (χ4v) is 3.50. The molecule has 0 saturated carbocycles. The van der Waals surface area contributed by atoms with E-state index in [0.29, 0.717) is 21.1 Å². The van der Waals surface area contributed by atoms with Gasteiger partial charge in [0.05, 0.1) is 11.4 Å². The maximum atomic E-state index is 12.3. The van der Waals surface area contributed by atoms with E-state index in [4.69, 9.17) is 0 Å². The largest absolute Gasteiger partial charge is 0.283 e. The van der Waals surface area contributed by atoms with Gasteiger partial charge < -0.3 is 0 Å². The van der Waals surface area contributed by atoms with E-state index in [0.717, 1.165) is 22.1 Å². The molecule has 2 aromatic heterocycles. The van der Waals surface area contributed by atoms with Gasteiger partial charge in [-0.25, -0.2) is 4.98 Å². The molecule has 2 amide bonds. The SMILES string of the molecule is Cc1nnsc1C(=O)NNC(=O)c1sc(-c2ccccc2)nc1C. The third kappa shape index (κ3) is 3.31. The van der Waals surface area contributed by atoms with Crippen LogP contribution in [-0.4, -0.2) is 26.4 Å². The summed E-state index contributed by atoms with van der Waals surface area (Å²) in [4.78, 5) is 29.5. The van der Waals surface area contributed by atoms with Crippen molar-refractivity contribution < 1.29 is 9.59 Å². The second-order valence-electron chi connectivity index (χ2n) is 4.90. The minimum atomic E-state index is -0.443. The number of aryl methyl sites for hydroxylation is 2. The van der Waals surface area contributed by atoms with Crippen LogP contribution >= 0.6 is 22.9 Å². The molecule has 2 N–H and O–H groups in total. The van der Waals surface area contributed by atoms with Crippen molar-refractivity contribution in [1.82, 2.24) is 25.4 Å². The van der Waals surface area contributed by atoms with Crippen LogP contribution in [0.1, 0.15) is 30.7 Å². The van der Waals surface area contributed by atoms with Crippen LogP contribution in [0.2, 0.25) is 0 Å². The van der Waals surface area contributed by atoms with Gasteiger partial charge in [-0.3, -0.25) is 20.4 Å². The van der Waals surface area contributed by atoms with Crippen molar-refractivity contribution >= 4 is 34.7 Å². The van der Waals surface area contributed by atoms with E-state index in [1.165, 1.54) is 11.3 Å². The first-order valence-electron chi connectivity index (χ1n) is 6.98. The van der Waals surface area contributed by atoms with E-state index in [1.54, 1.807) is 13.8 Å². The van der Waals surface area contributed by atoms with Crippen LogP contribution in [0.25, 0.3) is 10.6 Å². The van der Waals surface area contributed by atoms with Gasteiger partial charge in [0.1, 0.15) is 14.8 Å². The first-order chi connectivity index (χ1) is 11.6. The van der Waals surface area contributed by atoms with E-state index in [1.807, 2.05) is 30.3 Å². The second-order valence-corrected chi connectivity index (χ2v) is 6.65. The average Bonchev–Trinajstić information content (AvgIpc) is 3.19. The van der Waals surface area contributed by atoms with Gasteiger partial charge in [-0.1, -0.05) is 34.8 Å². The van der Waals surface area contributed by atoms with Gasteiger partial charge in [-0.2, -0.15) is 0 Å². The number of benzene rings is 1. The third-order valence-electron chi connectivity index (χ3n) is 3.17. The van der Waals surface area contributed by atoms with Gasteiger partial charge in [0.15, 0.2) is 0 Å². The molecule has 0 bridgehead atoms. The van der Waals surface area contributed by atoms with Gasteiger partial charge in [0, 0.05) is 5.56 Å². The number of carbonyl (C=O) groups is 2. The van der Waals surface area contributed by atoms with Gasteiger partial charge in [0.25, 0.3) is 11.8 Å². The van der Waals surface area contributed by atoms with Crippen LogP contribution in [0.15, 0.2) is 30.3 Å².